The van der Waals surface area contributed by atoms with Gasteiger partial charge in [0.25, 0.3) is 0 Å². The molecule has 0 spiro atoms. The highest BCUT2D eigenvalue weighted by atomic mass is 35.5. The van der Waals surface area contributed by atoms with Gasteiger partial charge in [0.2, 0.25) is 5.91 Å². The minimum Gasteiger partial charge on any atom is -0.478 e. The van der Waals surface area contributed by atoms with Crippen LogP contribution >= 0.6 is 11.6 Å². The van der Waals surface area contributed by atoms with Crippen molar-refractivity contribution in [2.75, 3.05) is 12.4 Å². The number of halogens is 1. The zero-order chi connectivity index (χ0) is 13.0. The van der Waals surface area contributed by atoms with Gasteiger partial charge in [0.05, 0.1) is 22.3 Å². The van der Waals surface area contributed by atoms with Crippen molar-refractivity contribution in [3.63, 3.8) is 0 Å². The summed E-state index contributed by atoms with van der Waals surface area (Å²) in [6.45, 7) is 1.70. The molecule has 0 aliphatic heterocycles. The zero-order valence-electron chi connectivity index (χ0n) is 9.45. The van der Waals surface area contributed by atoms with Crippen molar-refractivity contribution >= 4 is 29.2 Å². The number of rotatable bonds is 4. The van der Waals surface area contributed by atoms with Crippen LogP contribution in [-0.2, 0) is 4.79 Å². The van der Waals surface area contributed by atoms with Crippen LogP contribution in [0.3, 0.4) is 0 Å². The first-order valence-corrected chi connectivity index (χ1v) is 5.34. The van der Waals surface area contributed by atoms with Crippen LogP contribution in [0.2, 0.25) is 5.02 Å². The molecule has 1 unspecified atom stereocenters. The van der Waals surface area contributed by atoms with Crippen molar-refractivity contribution in [2.24, 2.45) is 0 Å². The molecule has 0 aliphatic carbocycles. The Kier molecular flexibility index (Phi) is 4.48. The Hall–Kier alpha value is -1.59. The molecular formula is C11H13ClN2O3. The van der Waals surface area contributed by atoms with Gasteiger partial charge in [0.15, 0.2) is 0 Å². The largest absolute Gasteiger partial charge is 0.478 e. The monoisotopic (exact) mass is 256 g/mol. The molecule has 3 N–H and O–H groups in total. The van der Waals surface area contributed by atoms with Gasteiger partial charge in [-0.1, -0.05) is 11.6 Å². The van der Waals surface area contributed by atoms with Crippen LogP contribution in [0.1, 0.15) is 17.3 Å². The van der Waals surface area contributed by atoms with Crippen LogP contribution in [0.15, 0.2) is 18.2 Å². The molecule has 0 aliphatic rings. The van der Waals surface area contributed by atoms with Crippen LogP contribution in [0.25, 0.3) is 0 Å². The lowest BCUT2D eigenvalue weighted by Crippen LogP contribution is -2.35. The van der Waals surface area contributed by atoms with Crippen molar-refractivity contribution in [2.45, 2.75) is 13.0 Å². The van der Waals surface area contributed by atoms with E-state index in [2.05, 4.69) is 10.6 Å². The van der Waals surface area contributed by atoms with Gasteiger partial charge in [0.1, 0.15) is 0 Å². The average molecular weight is 257 g/mol. The Morgan fingerprint density at radius 3 is 2.53 bits per heavy atom. The molecule has 6 heteroatoms. The van der Waals surface area contributed by atoms with E-state index in [9.17, 15) is 9.59 Å². The number of carboxylic acids is 1. The molecule has 0 heterocycles. The summed E-state index contributed by atoms with van der Waals surface area (Å²) in [6.07, 6.45) is 0. The Morgan fingerprint density at radius 1 is 1.41 bits per heavy atom. The number of aromatic carboxylic acids is 1. The van der Waals surface area contributed by atoms with E-state index in [1.165, 1.54) is 18.2 Å². The third kappa shape index (κ3) is 3.44. The summed E-state index contributed by atoms with van der Waals surface area (Å²) in [5, 5.41) is 14.3. The molecular weight excluding hydrogens is 244 g/mol. The van der Waals surface area contributed by atoms with E-state index < -0.39 is 5.97 Å². The number of amides is 1. The van der Waals surface area contributed by atoms with Gasteiger partial charge in [-0.3, -0.25) is 4.79 Å². The SMILES string of the molecule is CNC(C)C(=O)Nc1ccc(C(=O)O)cc1Cl. The summed E-state index contributed by atoms with van der Waals surface area (Å²) in [6, 6.07) is 3.79. The van der Waals surface area contributed by atoms with Crippen LogP contribution in [0, 0.1) is 0 Å². The fraction of sp³-hybridized carbons (Fsp3) is 0.273. The summed E-state index contributed by atoms with van der Waals surface area (Å²) in [4.78, 5) is 22.3. The normalized spacial score (nSPS) is 11.9. The van der Waals surface area contributed by atoms with Crippen molar-refractivity contribution in [3.05, 3.63) is 28.8 Å². The van der Waals surface area contributed by atoms with Gasteiger partial charge in [0, 0.05) is 0 Å². The maximum Gasteiger partial charge on any atom is 0.335 e. The second-order valence-electron chi connectivity index (χ2n) is 3.50. The second-order valence-corrected chi connectivity index (χ2v) is 3.91. The summed E-state index contributed by atoms with van der Waals surface area (Å²) < 4.78 is 0. The van der Waals surface area contributed by atoms with E-state index in [0.717, 1.165) is 0 Å². The van der Waals surface area contributed by atoms with Crippen LogP contribution in [0.5, 0.6) is 0 Å². The maximum atomic E-state index is 11.6. The fourth-order valence-electron chi connectivity index (χ4n) is 1.12. The molecule has 1 aromatic rings. The van der Waals surface area contributed by atoms with E-state index in [1.54, 1.807) is 14.0 Å². The van der Waals surface area contributed by atoms with E-state index >= 15 is 0 Å². The van der Waals surface area contributed by atoms with Crippen molar-refractivity contribution in [1.29, 1.82) is 0 Å². The minimum absolute atomic E-state index is 0.0784. The number of hydrogen-bond donors (Lipinski definition) is 3. The lowest BCUT2D eigenvalue weighted by molar-refractivity contribution is -0.117. The molecule has 1 rings (SSSR count). The lowest BCUT2D eigenvalue weighted by Gasteiger charge is -2.12. The fourth-order valence-corrected chi connectivity index (χ4v) is 1.35. The van der Waals surface area contributed by atoms with Crippen molar-refractivity contribution in [3.8, 4) is 0 Å². The third-order valence-corrected chi connectivity index (χ3v) is 2.61. The van der Waals surface area contributed by atoms with E-state index in [1.807, 2.05) is 0 Å². The van der Waals surface area contributed by atoms with Gasteiger partial charge in [-0.15, -0.1) is 0 Å². The lowest BCUT2D eigenvalue weighted by atomic mass is 10.2. The molecule has 0 fully saturated rings. The van der Waals surface area contributed by atoms with Crippen molar-refractivity contribution < 1.29 is 14.7 Å². The van der Waals surface area contributed by atoms with Gasteiger partial charge in [-0.05, 0) is 32.2 Å². The highest BCUT2D eigenvalue weighted by Gasteiger charge is 2.13. The van der Waals surface area contributed by atoms with Gasteiger partial charge < -0.3 is 15.7 Å². The van der Waals surface area contributed by atoms with Crippen molar-refractivity contribution in [1.82, 2.24) is 5.32 Å². The number of benzene rings is 1. The molecule has 1 amide bonds. The first-order valence-electron chi connectivity index (χ1n) is 4.96. The molecule has 5 nitrogen and oxygen atoms in total. The van der Waals surface area contributed by atoms with Crippen LogP contribution < -0.4 is 10.6 Å². The van der Waals surface area contributed by atoms with Gasteiger partial charge in [-0.25, -0.2) is 4.79 Å². The topological polar surface area (TPSA) is 78.4 Å². The number of nitrogens with one attached hydrogen (secondary N) is 2. The standard InChI is InChI=1S/C11H13ClN2O3/c1-6(13-2)10(15)14-9-4-3-7(11(16)17)5-8(9)12/h3-6,13H,1-2H3,(H,14,15)(H,16,17). The van der Waals surface area contributed by atoms with E-state index in [4.69, 9.17) is 16.7 Å². The zero-order valence-corrected chi connectivity index (χ0v) is 10.2. The van der Waals surface area contributed by atoms with Crippen LogP contribution in [-0.4, -0.2) is 30.1 Å². The molecule has 1 atom stereocenters. The number of likely N-dealkylation sites (N-methyl/N-ethyl adjacent to an activating group) is 1. The first-order chi connectivity index (χ1) is 7.95. The number of hydrogen-bond acceptors (Lipinski definition) is 3. The number of carboxylic acid groups (broad SMARTS) is 1. The van der Waals surface area contributed by atoms with E-state index in [-0.39, 0.29) is 22.5 Å². The Balaban J connectivity index is 2.86. The highest BCUT2D eigenvalue weighted by Crippen LogP contribution is 2.23. The van der Waals surface area contributed by atoms with Gasteiger partial charge in [-0.2, -0.15) is 0 Å². The summed E-state index contributed by atoms with van der Waals surface area (Å²) in [5.74, 6) is -1.30. The molecule has 0 saturated carbocycles. The Labute approximate surface area is 104 Å². The predicted molar refractivity (Wildman–Crippen MR) is 65.6 cm³/mol. The number of anilines is 1. The first kappa shape index (κ1) is 13.5. The van der Waals surface area contributed by atoms with E-state index in [0.29, 0.717) is 5.69 Å². The molecule has 92 valence electrons. The smallest absolute Gasteiger partial charge is 0.335 e. The highest BCUT2D eigenvalue weighted by molar-refractivity contribution is 6.34. The maximum absolute atomic E-state index is 11.6. The molecule has 0 saturated heterocycles. The number of carbonyl (C=O) groups excluding carboxylic acids is 1. The minimum atomic E-state index is -1.06. The molecule has 17 heavy (non-hydrogen) atoms. The Morgan fingerprint density at radius 2 is 2.06 bits per heavy atom. The number of carbonyl (C=O) groups is 2. The third-order valence-electron chi connectivity index (χ3n) is 2.30. The van der Waals surface area contributed by atoms with Gasteiger partial charge >= 0.3 is 5.97 Å². The second kappa shape index (κ2) is 5.65. The Bertz CT molecular complexity index is 448. The van der Waals surface area contributed by atoms with Crippen LogP contribution in [0.4, 0.5) is 5.69 Å². The molecule has 1 aromatic carbocycles. The summed E-state index contributed by atoms with van der Waals surface area (Å²) in [7, 11) is 1.67. The average Bonchev–Trinajstić information content (AvgIpc) is 2.30. The summed E-state index contributed by atoms with van der Waals surface area (Å²) in [5.41, 5.74) is 0.471. The predicted octanol–water partition coefficient (Wildman–Crippen LogP) is 1.58. The molecule has 0 aromatic heterocycles. The quantitative estimate of drug-likeness (QED) is 0.764. The summed E-state index contributed by atoms with van der Waals surface area (Å²) >= 11 is 5.87. The molecule has 0 bridgehead atoms. The molecule has 0 radical (unpaired) electrons.